The molecule has 3 aromatic rings. The normalized spacial score (nSPS) is 12.2. The Balaban J connectivity index is 1.94. The molecular formula is C15H15F3N4. The van der Waals surface area contributed by atoms with Crippen molar-refractivity contribution in [3.63, 3.8) is 0 Å². The Morgan fingerprint density at radius 1 is 1.05 bits per heavy atom. The van der Waals surface area contributed by atoms with Crippen LogP contribution in [0.1, 0.15) is 17.0 Å². The minimum absolute atomic E-state index is 0.252. The number of benzene rings is 1. The number of aryl methyl sites for hydroxylation is 2. The highest BCUT2D eigenvalue weighted by Crippen LogP contribution is 2.21. The minimum Gasteiger partial charge on any atom is -0.324 e. The third-order valence-corrected chi connectivity index (χ3v) is 3.70. The summed E-state index contributed by atoms with van der Waals surface area (Å²) < 4.78 is 40.6. The first-order valence-corrected chi connectivity index (χ1v) is 6.82. The number of hydrogen-bond acceptors (Lipinski definition) is 2. The molecule has 0 bridgehead atoms. The van der Waals surface area contributed by atoms with Gasteiger partial charge in [0.2, 0.25) is 0 Å². The Hall–Kier alpha value is -2.31. The Labute approximate surface area is 125 Å². The van der Waals surface area contributed by atoms with Crippen molar-refractivity contribution >= 4 is 11.0 Å². The van der Waals surface area contributed by atoms with E-state index < -0.39 is 12.7 Å². The van der Waals surface area contributed by atoms with Crippen molar-refractivity contribution in [3.8, 4) is 0 Å². The Kier molecular flexibility index (Phi) is 3.42. The molecule has 22 heavy (non-hydrogen) atoms. The van der Waals surface area contributed by atoms with Gasteiger partial charge in [-0.2, -0.15) is 13.2 Å². The molecule has 4 nitrogen and oxygen atoms in total. The molecular weight excluding hydrogens is 293 g/mol. The maximum Gasteiger partial charge on any atom is 0.406 e. The largest absolute Gasteiger partial charge is 0.406 e. The van der Waals surface area contributed by atoms with Crippen LogP contribution in [0, 0.1) is 13.8 Å². The summed E-state index contributed by atoms with van der Waals surface area (Å²) in [7, 11) is 0. The number of hydrogen-bond donors (Lipinski definition) is 0. The van der Waals surface area contributed by atoms with Crippen molar-refractivity contribution in [1.82, 2.24) is 19.1 Å². The van der Waals surface area contributed by atoms with Gasteiger partial charge in [-0.3, -0.25) is 0 Å². The van der Waals surface area contributed by atoms with E-state index >= 15 is 0 Å². The topological polar surface area (TPSA) is 35.6 Å². The van der Waals surface area contributed by atoms with Gasteiger partial charge in [0, 0.05) is 12.4 Å². The summed E-state index contributed by atoms with van der Waals surface area (Å²) in [4.78, 5) is 8.35. The average molecular weight is 308 g/mol. The van der Waals surface area contributed by atoms with Gasteiger partial charge in [0.15, 0.2) is 0 Å². The molecule has 0 saturated heterocycles. The van der Waals surface area contributed by atoms with E-state index in [0.29, 0.717) is 5.82 Å². The van der Waals surface area contributed by atoms with Crippen LogP contribution >= 0.6 is 0 Å². The molecule has 0 aliphatic heterocycles. The Bertz CT molecular complexity index is 814. The minimum atomic E-state index is -4.26. The molecule has 0 aliphatic rings. The van der Waals surface area contributed by atoms with Gasteiger partial charge in [-0.15, -0.1) is 0 Å². The van der Waals surface area contributed by atoms with E-state index in [4.69, 9.17) is 0 Å². The first-order valence-electron chi connectivity index (χ1n) is 6.82. The molecule has 3 rings (SSSR count). The highest BCUT2D eigenvalue weighted by atomic mass is 19.4. The predicted octanol–water partition coefficient (Wildman–Crippen LogP) is 3.46. The van der Waals surface area contributed by atoms with Crippen molar-refractivity contribution in [3.05, 3.63) is 47.8 Å². The quantitative estimate of drug-likeness (QED) is 0.743. The number of fused-ring (bicyclic) bond motifs is 1. The summed E-state index contributed by atoms with van der Waals surface area (Å²) in [6.45, 7) is 3.22. The van der Waals surface area contributed by atoms with E-state index in [9.17, 15) is 13.2 Å². The van der Waals surface area contributed by atoms with Crippen molar-refractivity contribution in [2.24, 2.45) is 0 Å². The van der Waals surface area contributed by atoms with Gasteiger partial charge in [0.05, 0.1) is 23.9 Å². The van der Waals surface area contributed by atoms with E-state index in [1.54, 1.807) is 6.33 Å². The molecule has 1 aromatic carbocycles. The molecule has 2 aromatic heterocycles. The average Bonchev–Trinajstić information content (AvgIpc) is 2.98. The molecule has 0 spiro atoms. The molecule has 0 aliphatic carbocycles. The molecule has 7 heteroatoms. The van der Waals surface area contributed by atoms with Gasteiger partial charge in [-0.25, -0.2) is 9.97 Å². The number of aromatic nitrogens is 4. The Morgan fingerprint density at radius 3 is 2.50 bits per heavy atom. The zero-order valence-corrected chi connectivity index (χ0v) is 12.2. The summed E-state index contributed by atoms with van der Waals surface area (Å²) in [5, 5.41) is 0. The lowest BCUT2D eigenvalue weighted by molar-refractivity contribution is -0.141. The van der Waals surface area contributed by atoms with Crippen LogP contribution in [0.3, 0.4) is 0 Å². The number of halogens is 3. The Morgan fingerprint density at radius 2 is 1.77 bits per heavy atom. The van der Waals surface area contributed by atoms with Crippen LogP contribution in [0.5, 0.6) is 0 Å². The summed E-state index contributed by atoms with van der Waals surface area (Å²) in [6, 6.07) is 3.97. The van der Waals surface area contributed by atoms with Crippen molar-refractivity contribution in [2.75, 3.05) is 0 Å². The van der Waals surface area contributed by atoms with Gasteiger partial charge in [0.25, 0.3) is 0 Å². The first kappa shape index (κ1) is 14.6. The highest BCUT2D eigenvalue weighted by molar-refractivity contribution is 5.77. The summed E-state index contributed by atoms with van der Waals surface area (Å²) in [6.07, 6.45) is 0.100. The van der Waals surface area contributed by atoms with Crippen LogP contribution in [0.2, 0.25) is 0 Å². The van der Waals surface area contributed by atoms with Crippen LogP contribution in [-0.2, 0) is 13.1 Å². The van der Waals surface area contributed by atoms with Crippen LogP contribution in [0.4, 0.5) is 13.2 Å². The first-order chi connectivity index (χ1) is 10.3. The molecule has 0 atom stereocenters. The molecule has 0 unspecified atom stereocenters. The summed E-state index contributed by atoms with van der Waals surface area (Å²) in [5.74, 6) is 0.356. The van der Waals surface area contributed by atoms with E-state index in [-0.39, 0.29) is 6.54 Å². The third-order valence-electron chi connectivity index (χ3n) is 3.70. The fourth-order valence-electron chi connectivity index (χ4n) is 2.42. The van der Waals surface area contributed by atoms with Gasteiger partial charge in [-0.1, -0.05) is 0 Å². The monoisotopic (exact) mass is 308 g/mol. The molecule has 0 saturated carbocycles. The molecule has 0 amide bonds. The lowest BCUT2D eigenvalue weighted by Gasteiger charge is -2.11. The molecule has 2 heterocycles. The predicted molar refractivity (Wildman–Crippen MR) is 76.6 cm³/mol. The molecule has 116 valence electrons. The van der Waals surface area contributed by atoms with Gasteiger partial charge >= 0.3 is 6.18 Å². The smallest absolute Gasteiger partial charge is 0.324 e. The van der Waals surface area contributed by atoms with Gasteiger partial charge < -0.3 is 9.13 Å². The number of nitrogens with zero attached hydrogens (tertiary/aromatic N) is 4. The fourth-order valence-corrected chi connectivity index (χ4v) is 2.42. The SMILES string of the molecule is Cc1cc2ncn(Cc3nccn3CC(F)(F)F)c2cc1C. The second kappa shape index (κ2) is 5.15. The lowest BCUT2D eigenvalue weighted by atomic mass is 10.1. The van der Waals surface area contributed by atoms with Crippen LogP contribution in [-0.4, -0.2) is 25.3 Å². The third kappa shape index (κ3) is 2.84. The van der Waals surface area contributed by atoms with Crippen molar-refractivity contribution < 1.29 is 13.2 Å². The zero-order valence-electron chi connectivity index (χ0n) is 12.2. The maximum absolute atomic E-state index is 12.6. The van der Waals surface area contributed by atoms with E-state index in [1.165, 1.54) is 12.4 Å². The second-order valence-electron chi connectivity index (χ2n) is 5.38. The van der Waals surface area contributed by atoms with Gasteiger partial charge in [-0.05, 0) is 37.1 Å². The highest BCUT2D eigenvalue weighted by Gasteiger charge is 2.28. The van der Waals surface area contributed by atoms with Crippen LogP contribution in [0.15, 0.2) is 30.9 Å². The van der Waals surface area contributed by atoms with Crippen molar-refractivity contribution in [1.29, 1.82) is 0 Å². The lowest BCUT2D eigenvalue weighted by Crippen LogP contribution is -2.20. The van der Waals surface area contributed by atoms with Crippen LogP contribution < -0.4 is 0 Å². The maximum atomic E-state index is 12.6. The number of rotatable bonds is 3. The number of imidazole rings is 2. The number of alkyl halides is 3. The van der Waals surface area contributed by atoms with Crippen LogP contribution in [0.25, 0.3) is 11.0 Å². The van der Waals surface area contributed by atoms with Crippen molar-refractivity contribution in [2.45, 2.75) is 33.1 Å². The summed E-state index contributed by atoms with van der Waals surface area (Å²) >= 11 is 0. The van der Waals surface area contributed by atoms with E-state index in [0.717, 1.165) is 26.7 Å². The zero-order chi connectivity index (χ0) is 15.9. The fraction of sp³-hybridized carbons (Fsp3) is 0.333. The summed E-state index contributed by atoms with van der Waals surface area (Å²) in [5.41, 5.74) is 3.98. The molecule has 0 radical (unpaired) electrons. The van der Waals surface area contributed by atoms with Gasteiger partial charge in [0.1, 0.15) is 12.4 Å². The standard InChI is InChI=1S/C15H15F3N4/c1-10-5-12-13(6-11(10)2)22(9-20-12)7-14-19-3-4-21(14)8-15(16,17)18/h3-6,9H,7-8H2,1-2H3. The van der Waals surface area contributed by atoms with E-state index in [1.807, 2.05) is 30.5 Å². The molecule has 0 N–H and O–H groups in total. The molecule has 0 fully saturated rings. The second-order valence-corrected chi connectivity index (χ2v) is 5.38. The van der Waals surface area contributed by atoms with E-state index in [2.05, 4.69) is 9.97 Å².